The molecule has 1 unspecified atom stereocenters. The number of piperidine rings is 1. The lowest BCUT2D eigenvalue weighted by molar-refractivity contribution is 0.123. The summed E-state index contributed by atoms with van der Waals surface area (Å²) in [6.07, 6.45) is 2.05. The fourth-order valence-corrected chi connectivity index (χ4v) is 6.92. The number of aromatic nitrogens is 1. The Morgan fingerprint density at radius 2 is 1.85 bits per heavy atom. The van der Waals surface area contributed by atoms with Gasteiger partial charge in [0.15, 0.2) is 0 Å². The van der Waals surface area contributed by atoms with Crippen LogP contribution in [0.2, 0.25) is 0 Å². The van der Waals surface area contributed by atoms with Gasteiger partial charge >= 0.3 is 6.03 Å². The van der Waals surface area contributed by atoms with E-state index in [2.05, 4.69) is 77.4 Å². The summed E-state index contributed by atoms with van der Waals surface area (Å²) in [5, 5.41) is 6.11. The van der Waals surface area contributed by atoms with Crippen LogP contribution in [0.15, 0.2) is 58.5 Å². The Labute approximate surface area is 201 Å². The van der Waals surface area contributed by atoms with Crippen LogP contribution >= 0.6 is 11.8 Å². The number of fused-ring (bicyclic) bond motifs is 2. The summed E-state index contributed by atoms with van der Waals surface area (Å²) in [4.78, 5) is 18.4. The molecule has 2 heterocycles. The minimum Gasteiger partial charge on any atom is -0.338 e. The molecule has 1 fully saturated rings. The third kappa shape index (κ3) is 3.93. The maximum atomic E-state index is 12.7. The number of hydrogen-bond acceptors (Lipinski definition) is 3. The van der Waals surface area contributed by atoms with Crippen molar-refractivity contribution in [3.8, 4) is 0 Å². The van der Waals surface area contributed by atoms with E-state index in [-0.39, 0.29) is 12.1 Å². The second-order valence-electron chi connectivity index (χ2n) is 9.37. The molecule has 3 aromatic rings. The van der Waals surface area contributed by atoms with Gasteiger partial charge in [0.2, 0.25) is 0 Å². The first-order valence-electron chi connectivity index (χ1n) is 12.1. The quantitative estimate of drug-likeness (QED) is 0.574. The van der Waals surface area contributed by atoms with Gasteiger partial charge in [-0.3, -0.25) is 0 Å². The van der Waals surface area contributed by atoms with E-state index in [0.29, 0.717) is 12.0 Å². The Hall–Kier alpha value is -2.44. The van der Waals surface area contributed by atoms with Crippen LogP contribution in [0.1, 0.15) is 37.3 Å². The van der Waals surface area contributed by atoms with Crippen LogP contribution in [0, 0.1) is 0 Å². The number of benzene rings is 2. The van der Waals surface area contributed by atoms with Crippen molar-refractivity contribution in [2.45, 2.75) is 54.6 Å². The summed E-state index contributed by atoms with van der Waals surface area (Å²) in [6, 6.07) is 18.2. The summed E-state index contributed by atoms with van der Waals surface area (Å²) in [7, 11) is 4.43. The number of aryl methyl sites for hydroxylation is 1. The molecule has 6 heteroatoms. The van der Waals surface area contributed by atoms with Crippen molar-refractivity contribution in [2.24, 2.45) is 7.05 Å². The Morgan fingerprint density at radius 1 is 1.09 bits per heavy atom. The van der Waals surface area contributed by atoms with Crippen molar-refractivity contribution in [2.75, 3.05) is 26.7 Å². The van der Waals surface area contributed by atoms with Gasteiger partial charge in [-0.2, -0.15) is 0 Å². The minimum absolute atomic E-state index is 0.0628. The molecule has 2 amide bonds. The molecule has 3 atom stereocenters. The first-order valence-corrected chi connectivity index (χ1v) is 12.9. The molecule has 5 nitrogen and oxygen atoms in total. The number of nitrogens with zero attached hydrogens (tertiary/aromatic N) is 3. The largest absolute Gasteiger partial charge is 0.338 e. The van der Waals surface area contributed by atoms with Crippen LogP contribution in [0.4, 0.5) is 4.79 Å². The van der Waals surface area contributed by atoms with E-state index in [1.165, 1.54) is 32.0 Å². The lowest BCUT2D eigenvalue weighted by Gasteiger charge is -2.46. The normalized spacial score (nSPS) is 22.2. The zero-order chi connectivity index (χ0) is 23.1. The van der Waals surface area contributed by atoms with Crippen molar-refractivity contribution < 1.29 is 4.79 Å². The maximum absolute atomic E-state index is 12.7. The highest BCUT2D eigenvalue weighted by molar-refractivity contribution is 7.99. The topological polar surface area (TPSA) is 40.5 Å². The molecule has 2 aliphatic rings. The second kappa shape index (κ2) is 9.07. The fourth-order valence-electron chi connectivity index (χ4n) is 5.86. The zero-order valence-electron chi connectivity index (χ0n) is 20.0. The lowest BCUT2D eigenvalue weighted by atomic mass is 9.74. The number of carbonyl (C=O) groups is 1. The highest BCUT2D eigenvalue weighted by Gasteiger charge is 2.41. The minimum atomic E-state index is 0.0628. The van der Waals surface area contributed by atoms with E-state index in [1.54, 1.807) is 0 Å². The number of urea groups is 1. The molecular weight excluding hydrogens is 428 g/mol. The number of likely N-dealkylation sites (tertiary alicyclic amines) is 1. The molecule has 1 aromatic heterocycles. The third-order valence-electron chi connectivity index (χ3n) is 7.53. The van der Waals surface area contributed by atoms with Gasteiger partial charge in [-0.1, -0.05) is 42.1 Å². The molecule has 1 saturated heterocycles. The van der Waals surface area contributed by atoms with Gasteiger partial charge < -0.3 is 19.7 Å². The average Bonchev–Trinajstić information content (AvgIpc) is 3.08. The molecule has 174 valence electrons. The van der Waals surface area contributed by atoms with Gasteiger partial charge in [-0.05, 0) is 63.1 Å². The first kappa shape index (κ1) is 22.4. The van der Waals surface area contributed by atoms with Gasteiger partial charge in [0.05, 0.1) is 5.03 Å². The average molecular weight is 463 g/mol. The van der Waals surface area contributed by atoms with Crippen LogP contribution in [0.3, 0.4) is 0 Å². The summed E-state index contributed by atoms with van der Waals surface area (Å²) in [5.74, 6) is 0.430. The highest BCUT2D eigenvalue weighted by atomic mass is 32.2. The van der Waals surface area contributed by atoms with Crippen LogP contribution < -0.4 is 5.32 Å². The monoisotopic (exact) mass is 462 g/mol. The van der Waals surface area contributed by atoms with E-state index in [4.69, 9.17) is 0 Å². The molecule has 2 aromatic carbocycles. The van der Waals surface area contributed by atoms with E-state index < -0.39 is 0 Å². The number of nitrogens with one attached hydrogen (secondary N) is 1. The summed E-state index contributed by atoms with van der Waals surface area (Å²) >= 11 is 1.87. The molecule has 1 N–H and O–H groups in total. The predicted octanol–water partition coefficient (Wildman–Crippen LogP) is 5.09. The summed E-state index contributed by atoms with van der Waals surface area (Å²) < 4.78 is 2.38. The van der Waals surface area contributed by atoms with E-state index >= 15 is 0 Å². The SMILES string of the molecule is CCN(CC)C(=O)N[C@H]1CC2c3cccc4c3c(c(Sc3ccccc3)n4C)C[C@H]2N(C)C1. The third-order valence-corrected chi connectivity index (χ3v) is 8.75. The zero-order valence-corrected chi connectivity index (χ0v) is 20.9. The van der Waals surface area contributed by atoms with Crippen molar-refractivity contribution in [3.05, 3.63) is 59.7 Å². The molecule has 0 spiro atoms. The molecule has 33 heavy (non-hydrogen) atoms. The van der Waals surface area contributed by atoms with Crippen LogP contribution in [0.5, 0.6) is 0 Å². The predicted molar refractivity (Wildman–Crippen MR) is 136 cm³/mol. The van der Waals surface area contributed by atoms with Crippen LogP contribution in [0.25, 0.3) is 10.9 Å². The second-order valence-corrected chi connectivity index (χ2v) is 10.4. The smallest absolute Gasteiger partial charge is 0.317 e. The number of likely N-dealkylation sites (N-methyl/N-ethyl adjacent to an activating group) is 1. The van der Waals surface area contributed by atoms with Crippen molar-refractivity contribution in [1.29, 1.82) is 0 Å². The highest BCUT2D eigenvalue weighted by Crippen LogP contribution is 2.47. The Kier molecular flexibility index (Phi) is 6.14. The van der Waals surface area contributed by atoms with Gasteiger partial charge in [-0.15, -0.1) is 0 Å². The first-order chi connectivity index (χ1) is 16.0. The molecule has 0 saturated carbocycles. The van der Waals surface area contributed by atoms with E-state index in [1.807, 2.05) is 30.5 Å². The summed E-state index contributed by atoms with van der Waals surface area (Å²) in [5.41, 5.74) is 4.25. The lowest BCUT2D eigenvalue weighted by Crippen LogP contribution is -2.56. The van der Waals surface area contributed by atoms with E-state index in [0.717, 1.165) is 32.5 Å². The standard InChI is InChI=1S/C27H34N4OS/c1-5-31(6-2)27(32)28-18-15-21-20-13-10-14-23-25(20)22(16-24(21)29(3)17-18)26(30(23)4)33-19-11-8-7-9-12-19/h7-14,18,21,24H,5-6,15-17H2,1-4H3,(H,28,32)/t18-,21?,24+/m0/s1. The maximum Gasteiger partial charge on any atom is 0.317 e. The van der Waals surface area contributed by atoms with Gasteiger partial charge in [-0.25, -0.2) is 4.79 Å². The molecule has 0 bridgehead atoms. The summed E-state index contributed by atoms with van der Waals surface area (Å²) in [6.45, 7) is 6.45. The fraction of sp³-hybridized carbons (Fsp3) is 0.444. The number of hydrogen-bond donors (Lipinski definition) is 1. The van der Waals surface area contributed by atoms with Crippen LogP contribution in [-0.4, -0.2) is 59.2 Å². The van der Waals surface area contributed by atoms with Crippen LogP contribution in [-0.2, 0) is 13.5 Å². The molecule has 5 rings (SSSR count). The molecular formula is C27H34N4OS. The van der Waals surface area contributed by atoms with Crippen molar-refractivity contribution in [1.82, 2.24) is 19.7 Å². The van der Waals surface area contributed by atoms with Crippen molar-refractivity contribution >= 4 is 28.7 Å². The Bertz CT molecular complexity index is 1150. The van der Waals surface area contributed by atoms with Gasteiger partial charge in [0.1, 0.15) is 0 Å². The Balaban J connectivity index is 1.50. The Morgan fingerprint density at radius 3 is 2.58 bits per heavy atom. The molecule has 1 aliphatic heterocycles. The van der Waals surface area contributed by atoms with Gasteiger partial charge in [0, 0.05) is 60.5 Å². The number of rotatable bonds is 5. The van der Waals surface area contributed by atoms with Gasteiger partial charge in [0.25, 0.3) is 0 Å². The van der Waals surface area contributed by atoms with Crippen molar-refractivity contribution in [3.63, 3.8) is 0 Å². The number of carbonyl (C=O) groups excluding carboxylic acids is 1. The van der Waals surface area contributed by atoms with E-state index in [9.17, 15) is 4.79 Å². The number of amides is 2. The molecule has 1 aliphatic carbocycles. The molecule has 0 radical (unpaired) electrons.